The van der Waals surface area contributed by atoms with Crippen molar-refractivity contribution < 1.29 is 13.6 Å². The molecule has 0 N–H and O–H groups in total. The molecule has 4 aromatic rings. The number of benzene rings is 1. The first-order valence-electron chi connectivity index (χ1n) is 12.6. The van der Waals surface area contributed by atoms with Crippen LogP contribution in [0.3, 0.4) is 0 Å². The normalized spacial score (nSPS) is 19.6. The van der Waals surface area contributed by atoms with Gasteiger partial charge >= 0.3 is 5.63 Å². The predicted molar refractivity (Wildman–Crippen MR) is 138 cm³/mol. The van der Waals surface area contributed by atoms with Crippen LogP contribution in [-0.2, 0) is 23.2 Å². The number of carbonyl (C=O) groups is 1. The lowest BCUT2D eigenvalue weighted by atomic mass is 9.83. The number of piperidine rings is 1. The Morgan fingerprint density at radius 3 is 2.64 bits per heavy atom. The van der Waals surface area contributed by atoms with E-state index in [2.05, 4.69) is 20.8 Å². The maximum Gasteiger partial charge on any atom is 0.340 e. The van der Waals surface area contributed by atoms with Crippen LogP contribution in [0.25, 0.3) is 21.9 Å². The van der Waals surface area contributed by atoms with Gasteiger partial charge in [0, 0.05) is 59.7 Å². The van der Waals surface area contributed by atoms with Crippen LogP contribution in [-0.4, -0.2) is 28.5 Å². The van der Waals surface area contributed by atoms with Gasteiger partial charge in [0.1, 0.15) is 11.2 Å². The van der Waals surface area contributed by atoms with Gasteiger partial charge in [0.15, 0.2) is 0 Å². The van der Waals surface area contributed by atoms with Gasteiger partial charge in [-0.2, -0.15) is 0 Å². The molecule has 186 valence electrons. The Morgan fingerprint density at radius 2 is 1.86 bits per heavy atom. The standard InChI is InChI=1S/C29H30N2O5/c1-16-19-9-21-22(29(2,3)4)15-35-24(21)11-25(19)36-28(34)20(16)10-27(33)30-12-17-8-18(14-30)23-6-5-7-26(32)31(23)13-17/h5-7,9,11,15,17-18H,8,10,12-14H2,1-4H3/t17-,18+/m1/s1. The predicted octanol–water partition coefficient (Wildman–Crippen LogP) is 4.50. The van der Waals surface area contributed by atoms with Crippen molar-refractivity contribution in [3.05, 3.63) is 79.8 Å². The van der Waals surface area contributed by atoms with Gasteiger partial charge in [-0.1, -0.05) is 26.8 Å². The number of pyridine rings is 1. The quantitative estimate of drug-likeness (QED) is 0.390. The van der Waals surface area contributed by atoms with E-state index >= 15 is 0 Å². The third-order valence-electron chi connectivity index (χ3n) is 7.95. The summed E-state index contributed by atoms with van der Waals surface area (Å²) in [4.78, 5) is 40.6. The second-order valence-corrected chi connectivity index (χ2v) is 11.4. The summed E-state index contributed by atoms with van der Waals surface area (Å²) in [6, 6.07) is 9.16. The van der Waals surface area contributed by atoms with Crippen LogP contribution in [0.5, 0.6) is 0 Å². The lowest BCUT2D eigenvalue weighted by molar-refractivity contribution is -0.133. The Balaban J connectivity index is 1.33. The molecule has 5 heterocycles. The van der Waals surface area contributed by atoms with E-state index < -0.39 is 5.63 Å². The summed E-state index contributed by atoms with van der Waals surface area (Å²) in [6.45, 7) is 10.1. The van der Waals surface area contributed by atoms with E-state index in [1.165, 1.54) is 0 Å². The lowest BCUT2D eigenvalue weighted by Crippen LogP contribution is -2.49. The highest BCUT2D eigenvalue weighted by atomic mass is 16.4. The molecule has 7 nitrogen and oxygen atoms in total. The number of aromatic nitrogens is 1. The molecule has 1 amide bonds. The van der Waals surface area contributed by atoms with Crippen LogP contribution < -0.4 is 11.2 Å². The summed E-state index contributed by atoms with van der Waals surface area (Å²) < 4.78 is 13.3. The highest BCUT2D eigenvalue weighted by Gasteiger charge is 2.36. The summed E-state index contributed by atoms with van der Waals surface area (Å²) in [5, 5.41) is 1.81. The minimum atomic E-state index is -0.482. The van der Waals surface area contributed by atoms with E-state index in [9.17, 15) is 14.4 Å². The monoisotopic (exact) mass is 486 g/mol. The molecule has 2 aliphatic rings. The number of nitrogens with zero attached hydrogens (tertiary/aromatic N) is 2. The summed E-state index contributed by atoms with van der Waals surface area (Å²) in [7, 11) is 0. The SMILES string of the molecule is Cc1c(CC(=O)N2C[C@H]3C[C@@H](C2)c2cccc(=O)n2C3)c(=O)oc2cc3occ(C(C)(C)C)c3cc12. The third kappa shape index (κ3) is 3.60. The average Bonchev–Trinajstić information content (AvgIpc) is 3.24. The number of amides is 1. The van der Waals surface area contributed by atoms with Gasteiger partial charge in [0.05, 0.1) is 18.2 Å². The second kappa shape index (κ2) is 7.95. The van der Waals surface area contributed by atoms with E-state index in [-0.39, 0.29) is 35.1 Å². The van der Waals surface area contributed by atoms with Crippen molar-refractivity contribution in [3.8, 4) is 0 Å². The van der Waals surface area contributed by atoms with Gasteiger partial charge in [0.25, 0.3) is 5.56 Å². The van der Waals surface area contributed by atoms with E-state index in [0.717, 1.165) is 34.0 Å². The molecule has 0 radical (unpaired) electrons. The lowest BCUT2D eigenvalue weighted by Gasteiger charge is -2.42. The Hall–Kier alpha value is -3.61. The second-order valence-electron chi connectivity index (χ2n) is 11.4. The molecule has 3 aromatic heterocycles. The molecule has 7 heteroatoms. The number of hydrogen-bond donors (Lipinski definition) is 0. The molecular formula is C29H30N2O5. The molecule has 2 aliphatic heterocycles. The Labute approximate surface area is 208 Å². The van der Waals surface area contributed by atoms with Crippen LogP contribution in [0.1, 0.15) is 55.5 Å². The summed E-state index contributed by atoms with van der Waals surface area (Å²) in [5.74, 6) is 0.292. The van der Waals surface area contributed by atoms with E-state index in [0.29, 0.717) is 36.4 Å². The van der Waals surface area contributed by atoms with E-state index in [1.807, 2.05) is 28.5 Å². The molecular weight excluding hydrogens is 456 g/mol. The van der Waals surface area contributed by atoms with E-state index in [4.69, 9.17) is 8.83 Å². The number of fused-ring (bicyclic) bond motifs is 6. The average molecular weight is 487 g/mol. The molecule has 2 atom stereocenters. The maximum absolute atomic E-state index is 13.4. The molecule has 0 aliphatic carbocycles. The molecule has 6 rings (SSSR count). The van der Waals surface area contributed by atoms with Crippen molar-refractivity contribution >= 4 is 27.8 Å². The Morgan fingerprint density at radius 1 is 1.06 bits per heavy atom. The minimum Gasteiger partial charge on any atom is -0.464 e. The molecule has 1 saturated heterocycles. The molecule has 1 aromatic carbocycles. The van der Waals surface area contributed by atoms with Crippen LogP contribution in [0.4, 0.5) is 0 Å². The van der Waals surface area contributed by atoms with Gasteiger partial charge in [-0.3, -0.25) is 9.59 Å². The summed E-state index contributed by atoms with van der Waals surface area (Å²) in [6.07, 6.45) is 2.74. The van der Waals surface area contributed by atoms with Crippen molar-refractivity contribution in [3.63, 3.8) is 0 Å². The maximum atomic E-state index is 13.4. The summed E-state index contributed by atoms with van der Waals surface area (Å²) in [5.41, 5.74) is 3.84. The zero-order valence-electron chi connectivity index (χ0n) is 21.1. The highest BCUT2D eigenvalue weighted by molar-refractivity contribution is 5.97. The van der Waals surface area contributed by atoms with Gasteiger partial charge < -0.3 is 18.3 Å². The van der Waals surface area contributed by atoms with Gasteiger partial charge in [-0.15, -0.1) is 0 Å². The molecule has 2 bridgehead atoms. The number of furan rings is 1. The minimum absolute atomic E-state index is 0.000688. The van der Waals surface area contributed by atoms with E-state index in [1.54, 1.807) is 24.5 Å². The fraction of sp³-hybridized carbons (Fsp3) is 0.414. The van der Waals surface area contributed by atoms with Crippen LogP contribution in [0.2, 0.25) is 0 Å². The van der Waals surface area contributed by atoms with Crippen molar-refractivity contribution in [2.45, 2.75) is 58.4 Å². The topological polar surface area (TPSA) is 85.7 Å². The fourth-order valence-corrected chi connectivity index (χ4v) is 6.06. The number of hydrogen-bond acceptors (Lipinski definition) is 5. The number of carbonyl (C=O) groups excluding carboxylic acids is 1. The van der Waals surface area contributed by atoms with Crippen molar-refractivity contribution in [1.29, 1.82) is 0 Å². The zero-order chi connectivity index (χ0) is 25.4. The third-order valence-corrected chi connectivity index (χ3v) is 7.95. The number of aryl methyl sites for hydroxylation is 1. The van der Waals surface area contributed by atoms with Gasteiger partial charge in [0.2, 0.25) is 5.91 Å². The zero-order valence-corrected chi connectivity index (χ0v) is 21.1. The Kier molecular flexibility index (Phi) is 5.04. The number of likely N-dealkylation sites (tertiary alicyclic amines) is 1. The first-order chi connectivity index (χ1) is 17.1. The first kappa shape index (κ1) is 22.8. The Bertz CT molecular complexity index is 1650. The highest BCUT2D eigenvalue weighted by Crippen LogP contribution is 2.37. The fourth-order valence-electron chi connectivity index (χ4n) is 6.06. The van der Waals surface area contributed by atoms with Crippen molar-refractivity contribution in [2.75, 3.05) is 13.1 Å². The number of rotatable bonds is 2. The molecule has 1 fully saturated rings. The molecule has 0 saturated carbocycles. The molecule has 0 unspecified atom stereocenters. The smallest absolute Gasteiger partial charge is 0.340 e. The largest absolute Gasteiger partial charge is 0.464 e. The van der Waals surface area contributed by atoms with Crippen LogP contribution in [0.15, 0.2) is 55.0 Å². The van der Waals surface area contributed by atoms with Gasteiger partial charge in [-0.25, -0.2) is 4.79 Å². The van der Waals surface area contributed by atoms with Crippen LogP contribution >= 0.6 is 0 Å². The molecule has 0 spiro atoms. The van der Waals surface area contributed by atoms with Crippen molar-refractivity contribution in [2.24, 2.45) is 5.92 Å². The first-order valence-corrected chi connectivity index (χ1v) is 12.6. The van der Waals surface area contributed by atoms with Crippen molar-refractivity contribution in [1.82, 2.24) is 9.47 Å². The summed E-state index contributed by atoms with van der Waals surface area (Å²) >= 11 is 0. The molecule has 36 heavy (non-hydrogen) atoms. The van der Waals surface area contributed by atoms with Crippen LogP contribution in [0, 0.1) is 12.8 Å². The van der Waals surface area contributed by atoms with Gasteiger partial charge in [-0.05, 0) is 42.4 Å².